The predicted octanol–water partition coefficient (Wildman–Crippen LogP) is 11.2. The van der Waals surface area contributed by atoms with Gasteiger partial charge in [0.15, 0.2) is 0 Å². The second kappa shape index (κ2) is 23.7. The van der Waals surface area contributed by atoms with E-state index in [2.05, 4.69) is 71.1 Å². The van der Waals surface area contributed by atoms with Crippen LogP contribution in [-0.4, -0.2) is 34.7 Å². The van der Waals surface area contributed by atoms with Gasteiger partial charge in [-0.2, -0.15) is 10.2 Å². The summed E-state index contributed by atoms with van der Waals surface area (Å²) in [6.45, 7) is 5.93. The first kappa shape index (κ1) is 38.9. The molecular formula is C41H59N8+. The average molecular weight is 664 g/mol. The van der Waals surface area contributed by atoms with Gasteiger partial charge in [0.25, 0.3) is 0 Å². The van der Waals surface area contributed by atoms with Crippen LogP contribution in [0, 0.1) is 0 Å². The highest BCUT2D eigenvalue weighted by molar-refractivity contribution is 5.52. The van der Waals surface area contributed by atoms with Crippen molar-refractivity contribution >= 4 is 28.6 Å². The highest BCUT2D eigenvalue weighted by atomic mass is 15.2. The Morgan fingerprint density at radius 3 is 1.73 bits per heavy atom. The molecule has 0 bridgehead atoms. The molecule has 262 valence electrons. The Morgan fingerprint density at radius 1 is 0.633 bits per heavy atom. The second-order valence-corrected chi connectivity index (χ2v) is 12.9. The largest absolute Gasteiger partial charge is 0.391 e. The van der Waals surface area contributed by atoms with Crippen LogP contribution in [0.15, 0.2) is 130 Å². The predicted molar refractivity (Wildman–Crippen MR) is 208 cm³/mol. The summed E-state index contributed by atoms with van der Waals surface area (Å²) < 4.78 is 2.21. The molecule has 0 aliphatic rings. The Kier molecular flexibility index (Phi) is 18.8. The topological polar surface area (TPSA) is 71.8 Å². The smallest absolute Gasteiger partial charge is 0.350 e. The molecule has 0 spiro atoms. The van der Waals surface area contributed by atoms with Gasteiger partial charge in [0, 0.05) is 52.2 Å². The molecule has 0 saturated heterocycles. The number of azo groups is 2. The van der Waals surface area contributed by atoms with Gasteiger partial charge in [-0.05, 0) is 97.3 Å². The minimum atomic E-state index is 0.622. The summed E-state index contributed by atoms with van der Waals surface area (Å²) in [6.07, 6.45) is 25.6. The van der Waals surface area contributed by atoms with E-state index in [1.165, 1.54) is 77.0 Å². The van der Waals surface area contributed by atoms with Crippen molar-refractivity contribution in [3.05, 3.63) is 110 Å². The summed E-state index contributed by atoms with van der Waals surface area (Å²) in [4.78, 5) is 4.14. The summed E-state index contributed by atoms with van der Waals surface area (Å²) in [7, 11) is 8.11. The third-order valence-corrected chi connectivity index (χ3v) is 8.29. The maximum absolute atomic E-state index is 4.53. The summed E-state index contributed by atoms with van der Waals surface area (Å²) >= 11 is 0. The van der Waals surface area contributed by atoms with Crippen LogP contribution in [0.5, 0.6) is 0 Å². The number of benzene rings is 2. The SMILES string of the molecule is C=C(C=CC=CNCCCCCCCCCCCCCC[n+]1ccccc1N=Nc1ccc(N(C)C)cc1)N=Nc1ccc(N(C)C)cc1. The zero-order chi connectivity index (χ0) is 34.9. The first-order chi connectivity index (χ1) is 23.9. The number of allylic oxidation sites excluding steroid dienone is 3. The lowest BCUT2D eigenvalue weighted by Gasteiger charge is -2.11. The van der Waals surface area contributed by atoms with Crippen LogP contribution < -0.4 is 19.7 Å². The van der Waals surface area contributed by atoms with Crippen molar-refractivity contribution in [2.24, 2.45) is 20.5 Å². The molecule has 0 aliphatic carbocycles. The van der Waals surface area contributed by atoms with Crippen LogP contribution in [0.3, 0.4) is 0 Å². The van der Waals surface area contributed by atoms with Crippen molar-refractivity contribution in [3.8, 4) is 0 Å². The van der Waals surface area contributed by atoms with Crippen molar-refractivity contribution in [1.29, 1.82) is 0 Å². The molecular weight excluding hydrogens is 605 g/mol. The minimum Gasteiger partial charge on any atom is -0.391 e. The van der Waals surface area contributed by atoms with Crippen molar-refractivity contribution in [3.63, 3.8) is 0 Å². The van der Waals surface area contributed by atoms with Gasteiger partial charge in [0.2, 0.25) is 0 Å². The fourth-order valence-corrected chi connectivity index (χ4v) is 5.30. The molecule has 1 heterocycles. The van der Waals surface area contributed by atoms with E-state index in [-0.39, 0.29) is 0 Å². The summed E-state index contributed by atoms with van der Waals surface area (Å²) in [6, 6.07) is 22.2. The quantitative estimate of drug-likeness (QED) is 0.0449. The number of unbranched alkanes of at least 4 members (excludes halogenated alkanes) is 11. The number of anilines is 2. The molecule has 49 heavy (non-hydrogen) atoms. The second-order valence-electron chi connectivity index (χ2n) is 12.9. The molecule has 8 heteroatoms. The van der Waals surface area contributed by atoms with E-state index in [0.29, 0.717) is 5.70 Å². The Balaban J connectivity index is 1.12. The summed E-state index contributed by atoms with van der Waals surface area (Å²) in [5.41, 5.74) is 4.60. The zero-order valence-corrected chi connectivity index (χ0v) is 30.5. The molecule has 0 aliphatic heterocycles. The number of aromatic nitrogens is 1. The van der Waals surface area contributed by atoms with Crippen LogP contribution in [0.1, 0.15) is 77.0 Å². The molecule has 1 aromatic heterocycles. The van der Waals surface area contributed by atoms with E-state index in [1.807, 2.05) is 101 Å². The molecule has 0 amide bonds. The number of pyridine rings is 1. The molecule has 0 radical (unpaired) electrons. The third-order valence-electron chi connectivity index (χ3n) is 8.29. The monoisotopic (exact) mass is 663 g/mol. The van der Waals surface area contributed by atoms with Crippen LogP contribution in [-0.2, 0) is 6.54 Å². The van der Waals surface area contributed by atoms with E-state index < -0.39 is 0 Å². The number of nitrogens with one attached hydrogen (secondary N) is 1. The van der Waals surface area contributed by atoms with Gasteiger partial charge in [-0.25, -0.2) is 4.57 Å². The van der Waals surface area contributed by atoms with E-state index in [4.69, 9.17) is 0 Å². The number of rotatable bonds is 24. The molecule has 3 aromatic rings. The van der Waals surface area contributed by atoms with Gasteiger partial charge in [0.05, 0.1) is 29.2 Å². The van der Waals surface area contributed by atoms with E-state index in [0.717, 1.165) is 41.7 Å². The van der Waals surface area contributed by atoms with Crippen LogP contribution in [0.2, 0.25) is 0 Å². The van der Waals surface area contributed by atoms with Gasteiger partial charge >= 0.3 is 5.82 Å². The van der Waals surface area contributed by atoms with E-state index >= 15 is 0 Å². The standard InChI is InChI=1S/C41H59N8/c1-36(43-44-37-24-28-39(29-25-37)47(2)3)22-16-19-33-42-32-18-14-12-10-8-6-7-9-11-13-15-20-34-49-35-21-17-23-41(49)46-45-38-26-30-40(31-27-38)48(4)5/h16-17,19,21-31,33,35,42H,1,6-15,18,20,32,34H2,2-5H3/q+1. The van der Waals surface area contributed by atoms with Crippen molar-refractivity contribution < 1.29 is 4.57 Å². The maximum atomic E-state index is 4.53. The van der Waals surface area contributed by atoms with Crippen LogP contribution in [0.25, 0.3) is 0 Å². The molecule has 3 rings (SSSR count). The highest BCUT2D eigenvalue weighted by Gasteiger charge is 2.08. The van der Waals surface area contributed by atoms with E-state index in [1.54, 1.807) is 0 Å². The molecule has 0 unspecified atom stereocenters. The Labute approximate surface area is 296 Å². The van der Waals surface area contributed by atoms with Gasteiger partial charge in [-0.3, -0.25) is 0 Å². The minimum absolute atomic E-state index is 0.622. The lowest BCUT2D eigenvalue weighted by Crippen LogP contribution is -2.33. The van der Waals surface area contributed by atoms with E-state index in [9.17, 15) is 0 Å². The lowest BCUT2D eigenvalue weighted by molar-refractivity contribution is -0.684. The van der Waals surface area contributed by atoms with Gasteiger partial charge in [-0.15, -0.1) is 0 Å². The average Bonchev–Trinajstić information content (AvgIpc) is 3.11. The van der Waals surface area contributed by atoms with Crippen LogP contribution in [0.4, 0.5) is 28.6 Å². The van der Waals surface area contributed by atoms with Gasteiger partial charge in [-0.1, -0.05) is 76.5 Å². The molecule has 0 atom stereocenters. The molecule has 2 aromatic carbocycles. The Hall–Kier alpha value is -4.59. The third kappa shape index (κ3) is 16.9. The Morgan fingerprint density at radius 2 is 1.16 bits per heavy atom. The number of nitrogens with zero attached hydrogens (tertiary/aromatic N) is 7. The normalized spacial score (nSPS) is 11.8. The fourth-order valence-electron chi connectivity index (χ4n) is 5.30. The maximum Gasteiger partial charge on any atom is 0.350 e. The van der Waals surface area contributed by atoms with Crippen molar-refractivity contribution in [2.75, 3.05) is 44.5 Å². The molecule has 1 N–H and O–H groups in total. The summed E-state index contributed by atoms with van der Waals surface area (Å²) in [5.74, 6) is 0.904. The van der Waals surface area contributed by atoms with Gasteiger partial charge in [0.1, 0.15) is 5.69 Å². The lowest BCUT2D eigenvalue weighted by atomic mass is 10.1. The van der Waals surface area contributed by atoms with Gasteiger partial charge < -0.3 is 15.1 Å². The summed E-state index contributed by atoms with van der Waals surface area (Å²) in [5, 5.41) is 20.8. The molecule has 0 saturated carbocycles. The Bertz CT molecular complexity index is 1450. The number of hydrogen-bond acceptors (Lipinski definition) is 7. The van der Waals surface area contributed by atoms with Crippen LogP contribution >= 0.6 is 0 Å². The molecule has 8 nitrogen and oxygen atoms in total. The number of aryl methyl sites for hydroxylation is 1. The molecule has 0 fully saturated rings. The van der Waals surface area contributed by atoms with Crippen molar-refractivity contribution in [1.82, 2.24) is 5.32 Å². The number of hydrogen-bond donors (Lipinski definition) is 1. The fraction of sp³-hybridized carbons (Fsp3) is 0.439. The first-order valence-electron chi connectivity index (χ1n) is 18.0. The zero-order valence-electron chi connectivity index (χ0n) is 30.5. The first-order valence-corrected chi connectivity index (χ1v) is 18.0. The highest BCUT2D eigenvalue weighted by Crippen LogP contribution is 2.21. The van der Waals surface area contributed by atoms with Crippen molar-refractivity contribution in [2.45, 2.75) is 83.6 Å².